The summed E-state index contributed by atoms with van der Waals surface area (Å²) in [4.78, 5) is 37.8. The topological polar surface area (TPSA) is 108 Å². The number of hydrogen-bond donors (Lipinski definition) is 1. The summed E-state index contributed by atoms with van der Waals surface area (Å²) >= 11 is 0. The number of hydrogen-bond acceptors (Lipinski definition) is 7. The number of ether oxygens (including phenoxy) is 4. The third kappa shape index (κ3) is 83.5. The van der Waals surface area contributed by atoms with Gasteiger partial charge in [0.05, 0.1) is 34.4 Å². The number of carboxylic acids is 1. The molecule has 0 aliphatic rings. The number of carbonyl (C=O) groups is 3. The molecule has 0 aromatic heterocycles. The average molecular weight is 1430 g/mol. The van der Waals surface area contributed by atoms with E-state index < -0.39 is 24.3 Å². The van der Waals surface area contributed by atoms with Gasteiger partial charge in [-0.15, -0.1) is 0 Å². The van der Waals surface area contributed by atoms with Gasteiger partial charge in [-0.05, 0) is 135 Å². The Bertz CT molecular complexity index is 2360. The zero-order chi connectivity index (χ0) is 74.6. The second kappa shape index (κ2) is 82.1. The summed E-state index contributed by atoms with van der Waals surface area (Å²) in [5, 5.41) is 9.78. The van der Waals surface area contributed by atoms with Gasteiger partial charge in [0, 0.05) is 12.8 Å². The third-order valence-corrected chi connectivity index (χ3v) is 17.7. The Kier molecular flexibility index (Phi) is 77.6. The van der Waals surface area contributed by atoms with Crippen molar-refractivity contribution in [2.45, 2.75) is 347 Å². The molecule has 2 unspecified atom stereocenters. The summed E-state index contributed by atoms with van der Waals surface area (Å²) in [6.07, 6.45) is 122. The van der Waals surface area contributed by atoms with Gasteiger partial charge in [-0.3, -0.25) is 9.59 Å². The lowest BCUT2D eigenvalue weighted by molar-refractivity contribution is -0.870. The predicted octanol–water partition coefficient (Wildman–Crippen LogP) is 27.5. The van der Waals surface area contributed by atoms with Gasteiger partial charge in [0.1, 0.15) is 13.2 Å². The van der Waals surface area contributed by atoms with E-state index in [0.29, 0.717) is 17.4 Å². The van der Waals surface area contributed by atoms with Crippen molar-refractivity contribution in [3.05, 3.63) is 182 Å². The van der Waals surface area contributed by atoms with E-state index in [1.165, 1.54) is 167 Å². The molecule has 103 heavy (non-hydrogen) atoms. The van der Waals surface area contributed by atoms with Crippen LogP contribution in [-0.2, 0) is 33.3 Å². The van der Waals surface area contributed by atoms with Gasteiger partial charge >= 0.3 is 17.9 Å². The van der Waals surface area contributed by atoms with Crippen LogP contribution in [0.25, 0.3) is 0 Å². The molecule has 0 saturated heterocycles. The number of esters is 2. The van der Waals surface area contributed by atoms with E-state index in [0.717, 1.165) is 135 Å². The predicted molar refractivity (Wildman–Crippen MR) is 446 cm³/mol. The van der Waals surface area contributed by atoms with Crippen LogP contribution in [0.15, 0.2) is 182 Å². The normalized spacial score (nSPS) is 13.6. The quantitative estimate of drug-likeness (QED) is 0.0211. The minimum absolute atomic E-state index is 0.174. The van der Waals surface area contributed by atoms with Crippen LogP contribution in [0.5, 0.6) is 0 Å². The largest absolute Gasteiger partial charge is 0.477 e. The molecule has 0 fully saturated rings. The first-order valence-electron chi connectivity index (χ1n) is 41.9. The lowest BCUT2D eigenvalue weighted by Crippen LogP contribution is -2.40. The molecule has 0 saturated carbocycles. The van der Waals surface area contributed by atoms with Crippen molar-refractivity contribution in [2.24, 2.45) is 0 Å². The van der Waals surface area contributed by atoms with Crippen LogP contribution < -0.4 is 0 Å². The summed E-state index contributed by atoms with van der Waals surface area (Å²) in [5.41, 5.74) is 0. The fourth-order valence-electron chi connectivity index (χ4n) is 11.4. The summed E-state index contributed by atoms with van der Waals surface area (Å²) in [5.74, 6) is -2.05. The summed E-state index contributed by atoms with van der Waals surface area (Å²) in [6.45, 7) is 4.62. The maximum atomic E-state index is 13.0. The third-order valence-electron chi connectivity index (χ3n) is 17.7. The van der Waals surface area contributed by atoms with E-state index in [9.17, 15) is 19.5 Å². The minimum atomic E-state index is -1.53. The molecule has 0 bridgehead atoms. The zero-order valence-electron chi connectivity index (χ0n) is 66.9. The van der Waals surface area contributed by atoms with Crippen molar-refractivity contribution in [3.63, 3.8) is 0 Å². The smallest absolute Gasteiger partial charge is 0.361 e. The van der Waals surface area contributed by atoms with Crippen LogP contribution in [0.2, 0.25) is 0 Å². The highest BCUT2D eigenvalue weighted by molar-refractivity contribution is 5.71. The van der Waals surface area contributed by atoms with E-state index in [4.69, 9.17) is 18.9 Å². The molecule has 0 rings (SSSR count). The molecule has 0 aromatic carbocycles. The summed E-state index contributed by atoms with van der Waals surface area (Å²) < 4.78 is 23.0. The van der Waals surface area contributed by atoms with Crippen LogP contribution >= 0.6 is 0 Å². The van der Waals surface area contributed by atoms with Crippen LogP contribution in [-0.4, -0.2) is 87.4 Å². The van der Waals surface area contributed by atoms with Gasteiger partial charge in [-0.1, -0.05) is 369 Å². The highest BCUT2D eigenvalue weighted by atomic mass is 16.7. The van der Waals surface area contributed by atoms with Crippen molar-refractivity contribution < 1.29 is 42.9 Å². The molecule has 2 atom stereocenters. The van der Waals surface area contributed by atoms with Gasteiger partial charge < -0.3 is 28.5 Å². The molecule has 9 heteroatoms. The molecule has 9 nitrogen and oxygen atoms in total. The molecule has 584 valence electrons. The lowest BCUT2D eigenvalue weighted by atomic mass is 10.0. The van der Waals surface area contributed by atoms with Crippen LogP contribution in [0, 0.1) is 0 Å². The monoisotopic (exact) mass is 1430 g/mol. The summed E-state index contributed by atoms with van der Waals surface area (Å²) in [7, 11) is 5.97. The molecule has 0 aliphatic heterocycles. The average Bonchev–Trinajstić information content (AvgIpc) is 1.16. The van der Waals surface area contributed by atoms with E-state index >= 15 is 0 Å². The van der Waals surface area contributed by atoms with Gasteiger partial charge in [-0.25, -0.2) is 4.79 Å². The number of nitrogens with zero attached hydrogens (tertiary/aromatic N) is 1. The molecular weight excluding hydrogens is 1270 g/mol. The van der Waals surface area contributed by atoms with Crippen molar-refractivity contribution in [1.29, 1.82) is 0 Å². The maximum absolute atomic E-state index is 13.0. The highest BCUT2D eigenvalue weighted by Crippen LogP contribution is 2.18. The van der Waals surface area contributed by atoms with Gasteiger partial charge in [0.25, 0.3) is 6.29 Å². The molecule has 0 aliphatic carbocycles. The Labute approximate surface area is 634 Å². The Morgan fingerprint density at radius 3 is 0.786 bits per heavy atom. The van der Waals surface area contributed by atoms with Crippen molar-refractivity contribution in [2.75, 3.05) is 47.5 Å². The molecule has 0 heterocycles. The fourth-order valence-corrected chi connectivity index (χ4v) is 11.4. The fraction of sp³-hybridized carbons (Fsp3) is 0.649. The summed E-state index contributed by atoms with van der Waals surface area (Å²) in [6, 6.07) is 0. The van der Waals surface area contributed by atoms with Crippen molar-refractivity contribution in [3.8, 4) is 0 Å². The number of likely N-dealkylation sites (N-methyl/N-ethyl adjacent to an activating group) is 1. The van der Waals surface area contributed by atoms with E-state index in [-0.39, 0.29) is 38.6 Å². The molecule has 0 amide bonds. The van der Waals surface area contributed by atoms with E-state index in [1.54, 1.807) is 0 Å². The van der Waals surface area contributed by atoms with Crippen LogP contribution in [0.1, 0.15) is 335 Å². The number of aliphatic carboxylic acids is 1. The molecule has 0 aromatic rings. The first kappa shape index (κ1) is 97.4. The first-order chi connectivity index (χ1) is 50.6. The van der Waals surface area contributed by atoms with Gasteiger partial charge in [0.15, 0.2) is 6.10 Å². The zero-order valence-corrected chi connectivity index (χ0v) is 66.9. The maximum Gasteiger partial charge on any atom is 0.361 e. The van der Waals surface area contributed by atoms with Crippen molar-refractivity contribution in [1.82, 2.24) is 0 Å². The Hall–Kier alpha value is -5.61. The molecule has 0 spiro atoms. The molecular formula is C94H156NO8+. The van der Waals surface area contributed by atoms with E-state index in [1.807, 2.05) is 21.1 Å². The van der Waals surface area contributed by atoms with Crippen LogP contribution in [0.3, 0.4) is 0 Å². The number of carbonyl (C=O) groups excluding carboxylic acids is 2. The first-order valence-corrected chi connectivity index (χ1v) is 41.9. The Morgan fingerprint density at radius 2 is 0.524 bits per heavy atom. The SMILES string of the molecule is CC/C=C\C/C=C\C/C=C\C/C=C\C/C=C\C/C=C\C/C=C\C/C=C\C/C=C\C/C=C\C/C=C\CCCCCC(=O)OC(COC(=O)CCCCCCCCCCCCCCCCCCCCCCCCCCCCCC/C=C\C/C=C\C/C=C\C/C=C\CC)COC(OCC[N+](C)(C)C)C(=O)O. The van der Waals surface area contributed by atoms with Crippen LogP contribution in [0.4, 0.5) is 0 Å². The number of rotatable bonds is 76. The number of unbranched alkanes of at least 4 members (excludes halogenated alkanes) is 31. The Balaban J connectivity index is 4.08. The minimum Gasteiger partial charge on any atom is -0.477 e. The second-order valence-corrected chi connectivity index (χ2v) is 28.7. The second-order valence-electron chi connectivity index (χ2n) is 28.7. The number of quaternary nitrogens is 1. The standard InChI is InChI=1S/C94H155NO8/c1-6-8-10-12-14-16-18-20-22-24-26-28-30-32-34-36-38-40-42-44-45-46-47-49-50-52-54-56-58-60-62-64-66-68-70-72-74-76-78-80-82-84-91(96)101-88-90(89-102-94(93(98)99)100-87-86-95(3,4)5)103-92(97)85-83-81-79-77-75-73-71-69-67-65-63-61-59-57-55-53-51-48-43-41-39-37-35-33-31-29-27-25-23-21-19-17-15-13-11-9-7-2/h8-11,14-17,20-23,26-29,33,35,39,41,48,51,55,57,61,63,67,69,73,75,90,94H,6-7,12-13,18-19,24-25,30-32,34,36-38,40,42-47,49-50,52-54,56,58-60,62,64-66,68,70-72,74,76-89H2,1-5H3/p+1/b10-8-,11-9-,16-14-,17-15-,22-20-,23-21-,28-26-,29-27-,35-33-,41-39-,51-48-,57-55-,63-61-,69-67-,75-73-. The Morgan fingerprint density at radius 1 is 0.291 bits per heavy atom. The number of carboxylic acid groups (broad SMARTS) is 1. The van der Waals surface area contributed by atoms with Crippen molar-refractivity contribution >= 4 is 17.9 Å². The number of allylic oxidation sites excluding steroid dienone is 30. The van der Waals surface area contributed by atoms with Gasteiger partial charge in [0.2, 0.25) is 0 Å². The van der Waals surface area contributed by atoms with E-state index in [2.05, 4.69) is 196 Å². The molecule has 0 radical (unpaired) electrons. The lowest BCUT2D eigenvalue weighted by Gasteiger charge is -2.25. The van der Waals surface area contributed by atoms with Gasteiger partial charge in [-0.2, -0.15) is 0 Å². The molecule has 1 N–H and O–H groups in total. The highest BCUT2D eigenvalue weighted by Gasteiger charge is 2.25.